The van der Waals surface area contributed by atoms with Crippen LogP contribution in [-0.2, 0) is 4.57 Å². The second-order valence-corrected chi connectivity index (χ2v) is 9.89. The number of hydrogen-bond acceptors (Lipinski definition) is 1. The van der Waals surface area contributed by atoms with Crippen LogP contribution < -0.4 is 5.30 Å². The maximum absolute atomic E-state index is 13.6. The first-order chi connectivity index (χ1) is 9.87. The first-order valence-electron chi connectivity index (χ1n) is 7.32. The van der Waals surface area contributed by atoms with Gasteiger partial charge in [-0.05, 0) is 23.3 Å². The maximum atomic E-state index is 13.6. The molecule has 0 fully saturated rings. The van der Waals surface area contributed by atoms with Crippen LogP contribution in [0.2, 0.25) is 0 Å². The van der Waals surface area contributed by atoms with Crippen LogP contribution in [0.15, 0.2) is 48.5 Å². The summed E-state index contributed by atoms with van der Waals surface area (Å²) in [6, 6.07) is 14.2. The van der Waals surface area contributed by atoms with Crippen molar-refractivity contribution in [3.8, 4) is 11.1 Å². The lowest BCUT2D eigenvalue weighted by molar-refractivity contribution is 0.569. The summed E-state index contributed by atoms with van der Waals surface area (Å²) in [4.78, 5) is 0. The molecule has 0 N–H and O–H groups in total. The van der Waals surface area contributed by atoms with Crippen molar-refractivity contribution in [2.45, 2.75) is 39.0 Å². The number of benzene rings is 2. The minimum absolute atomic E-state index is 0.0825. The molecule has 1 nitrogen and oxygen atoms in total. The highest BCUT2D eigenvalue weighted by Crippen LogP contribution is 2.55. The molecule has 0 aliphatic heterocycles. The summed E-state index contributed by atoms with van der Waals surface area (Å²) in [7, 11) is -2.52. The van der Waals surface area contributed by atoms with Crippen molar-refractivity contribution >= 4 is 12.4 Å². The van der Waals surface area contributed by atoms with E-state index >= 15 is 0 Å². The van der Waals surface area contributed by atoms with Gasteiger partial charge in [0.25, 0.3) is 0 Å². The van der Waals surface area contributed by atoms with Crippen LogP contribution in [0.5, 0.6) is 0 Å². The Bertz CT molecular complexity index is 647. The molecule has 2 aromatic rings. The van der Waals surface area contributed by atoms with E-state index in [2.05, 4.69) is 0 Å². The molecule has 0 amide bonds. The Labute approximate surface area is 126 Å². The fraction of sp³-hybridized carbons (Fsp3) is 0.333. The van der Waals surface area contributed by atoms with Crippen molar-refractivity contribution in [1.82, 2.24) is 0 Å². The molecule has 21 heavy (non-hydrogen) atoms. The number of rotatable bonds is 4. The summed E-state index contributed by atoms with van der Waals surface area (Å²) in [5.74, 6) is -0.257. The molecule has 2 aromatic carbocycles. The molecule has 0 saturated heterocycles. The van der Waals surface area contributed by atoms with Crippen LogP contribution in [0, 0.1) is 5.82 Å². The van der Waals surface area contributed by atoms with Crippen LogP contribution in [-0.4, -0.2) is 11.3 Å². The second kappa shape index (κ2) is 6.15. The minimum Gasteiger partial charge on any atom is -0.318 e. The van der Waals surface area contributed by atoms with Gasteiger partial charge in [-0.1, -0.05) is 64.1 Å². The molecule has 0 atom stereocenters. The van der Waals surface area contributed by atoms with E-state index in [9.17, 15) is 8.96 Å². The summed E-state index contributed by atoms with van der Waals surface area (Å²) >= 11 is 0. The number of halogens is 1. The molecule has 0 aliphatic rings. The van der Waals surface area contributed by atoms with E-state index in [4.69, 9.17) is 0 Å². The zero-order chi connectivity index (χ0) is 15.6. The maximum Gasteiger partial charge on any atom is 0.123 e. The largest absolute Gasteiger partial charge is 0.318 e. The number of hydrogen-bond donors (Lipinski definition) is 0. The smallest absolute Gasteiger partial charge is 0.123 e. The summed E-state index contributed by atoms with van der Waals surface area (Å²) in [6.45, 7) is 8.06. The lowest BCUT2D eigenvalue weighted by atomic mass is 10.1. The molecule has 0 unspecified atom stereocenters. The summed E-state index contributed by atoms with van der Waals surface area (Å²) in [5, 5.41) is 0.904. The summed E-state index contributed by atoms with van der Waals surface area (Å²) in [5.41, 5.74) is 2.02. The van der Waals surface area contributed by atoms with Gasteiger partial charge in [-0.15, -0.1) is 0 Å². The Hall–Kier alpha value is -1.40. The Morgan fingerprint density at radius 2 is 1.38 bits per heavy atom. The van der Waals surface area contributed by atoms with Crippen LogP contribution in [0.25, 0.3) is 11.1 Å². The zero-order valence-corrected chi connectivity index (χ0v) is 13.9. The third-order valence-electron chi connectivity index (χ3n) is 3.97. The van der Waals surface area contributed by atoms with Gasteiger partial charge in [0.05, 0.1) is 0 Å². The van der Waals surface area contributed by atoms with E-state index in [1.807, 2.05) is 52.0 Å². The van der Waals surface area contributed by atoms with E-state index in [-0.39, 0.29) is 17.1 Å². The lowest BCUT2D eigenvalue weighted by Crippen LogP contribution is -2.21. The SMILES string of the molecule is CC(C)P(=O)(c1ccccc1-c1ccc(F)cc1)C(C)C. The molecule has 0 radical (unpaired) electrons. The minimum atomic E-state index is -2.52. The van der Waals surface area contributed by atoms with Gasteiger partial charge in [0.2, 0.25) is 0 Å². The van der Waals surface area contributed by atoms with Gasteiger partial charge < -0.3 is 4.57 Å². The highest BCUT2D eigenvalue weighted by atomic mass is 31.2. The normalized spacial score (nSPS) is 12.1. The van der Waals surface area contributed by atoms with Crippen molar-refractivity contribution in [2.24, 2.45) is 0 Å². The van der Waals surface area contributed by atoms with Crippen LogP contribution >= 0.6 is 7.14 Å². The molecular formula is C18H22FOP. The Morgan fingerprint density at radius 1 is 0.857 bits per heavy atom. The van der Waals surface area contributed by atoms with Crippen LogP contribution in [0.4, 0.5) is 4.39 Å². The molecule has 0 aromatic heterocycles. The Balaban J connectivity index is 2.66. The van der Waals surface area contributed by atoms with E-state index < -0.39 is 7.14 Å². The Kier molecular flexibility index (Phi) is 4.68. The first-order valence-corrected chi connectivity index (χ1v) is 9.16. The molecule has 0 spiro atoms. The fourth-order valence-electron chi connectivity index (χ4n) is 2.80. The lowest BCUT2D eigenvalue weighted by Gasteiger charge is -2.28. The molecule has 2 rings (SSSR count). The predicted octanol–water partition coefficient (Wildman–Crippen LogP) is 5.30. The highest BCUT2D eigenvalue weighted by molar-refractivity contribution is 7.73. The van der Waals surface area contributed by atoms with E-state index in [1.165, 1.54) is 12.1 Å². The predicted molar refractivity (Wildman–Crippen MR) is 89.3 cm³/mol. The Morgan fingerprint density at radius 3 is 1.90 bits per heavy atom. The highest BCUT2D eigenvalue weighted by Gasteiger charge is 2.34. The van der Waals surface area contributed by atoms with E-state index in [1.54, 1.807) is 12.1 Å². The van der Waals surface area contributed by atoms with Gasteiger partial charge in [0, 0.05) is 16.6 Å². The molecule has 112 valence electrons. The molecule has 0 heterocycles. The monoisotopic (exact) mass is 304 g/mol. The van der Waals surface area contributed by atoms with Gasteiger partial charge in [-0.25, -0.2) is 4.39 Å². The average molecular weight is 304 g/mol. The third-order valence-corrected chi connectivity index (χ3v) is 8.18. The van der Waals surface area contributed by atoms with Crippen LogP contribution in [0.1, 0.15) is 27.7 Å². The van der Waals surface area contributed by atoms with Crippen LogP contribution in [0.3, 0.4) is 0 Å². The summed E-state index contributed by atoms with van der Waals surface area (Å²) in [6.07, 6.45) is 0. The average Bonchev–Trinajstić information content (AvgIpc) is 2.46. The molecule has 0 aliphatic carbocycles. The van der Waals surface area contributed by atoms with Crippen molar-refractivity contribution in [3.63, 3.8) is 0 Å². The summed E-state index contributed by atoms with van der Waals surface area (Å²) < 4.78 is 26.7. The van der Waals surface area contributed by atoms with Crippen molar-refractivity contribution in [1.29, 1.82) is 0 Å². The fourth-order valence-corrected chi connectivity index (χ4v) is 6.01. The zero-order valence-electron chi connectivity index (χ0n) is 13.0. The second-order valence-electron chi connectivity index (χ2n) is 5.92. The van der Waals surface area contributed by atoms with Gasteiger partial charge in [0.15, 0.2) is 0 Å². The van der Waals surface area contributed by atoms with Gasteiger partial charge in [0.1, 0.15) is 13.0 Å². The molecule has 0 bridgehead atoms. The van der Waals surface area contributed by atoms with Crippen molar-refractivity contribution in [2.75, 3.05) is 0 Å². The van der Waals surface area contributed by atoms with Crippen molar-refractivity contribution < 1.29 is 8.96 Å². The van der Waals surface area contributed by atoms with Gasteiger partial charge in [-0.3, -0.25) is 0 Å². The van der Waals surface area contributed by atoms with Gasteiger partial charge >= 0.3 is 0 Å². The standard InChI is InChI=1S/C18H22FOP/c1-13(2)21(20,14(3)4)18-8-6-5-7-17(18)15-9-11-16(19)12-10-15/h5-14H,1-4H3. The van der Waals surface area contributed by atoms with E-state index in [0.717, 1.165) is 16.4 Å². The van der Waals surface area contributed by atoms with Gasteiger partial charge in [-0.2, -0.15) is 0 Å². The van der Waals surface area contributed by atoms with Crippen molar-refractivity contribution in [3.05, 3.63) is 54.3 Å². The third kappa shape index (κ3) is 2.96. The van der Waals surface area contributed by atoms with E-state index in [0.29, 0.717) is 0 Å². The molecule has 3 heteroatoms. The molecular weight excluding hydrogens is 282 g/mol. The quantitative estimate of drug-likeness (QED) is 0.701. The topological polar surface area (TPSA) is 17.1 Å². The molecule has 0 saturated carbocycles. The first kappa shape index (κ1) is 16.0.